The van der Waals surface area contributed by atoms with Crippen LogP contribution in [-0.4, -0.2) is 38.8 Å². The molecule has 17 heavy (non-hydrogen) atoms. The van der Waals surface area contributed by atoms with Gasteiger partial charge in [-0.25, -0.2) is 10.6 Å². The maximum absolute atomic E-state index is 11.8. The standard InChI is InChI=1S/C10H16ClN5O/c1-7-9(11)8(14(2)13-7)6-15-4-3-5-16(12)10(15)17/h3-6,12H2,1-2H3. The number of hydrazine groups is 1. The number of carbonyl (C=O) groups excluding carboxylic acids is 1. The third kappa shape index (κ3) is 2.23. The summed E-state index contributed by atoms with van der Waals surface area (Å²) in [7, 11) is 1.82. The van der Waals surface area contributed by atoms with Crippen LogP contribution in [0.3, 0.4) is 0 Å². The van der Waals surface area contributed by atoms with Crippen LogP contribution in [0, 0.1) is 6.92 Å². The Bertz CT molecular complexity index is 444. The first kappa shape index (κ1) is 12.2. The highest BCUT2D eigenvalue weighted by Crippen LogP contribution is 2.22. The smallest absolute Gasteiger partial charge is 0.318 e. The molecule has 6 nitrogen and oxygen atoms in total. The molecule has 2 rings (SSSR count). The van der Waals surface area contributed by atoms with Gasteiger partial charge in [-0.3, -0.25) is 9.69 Å². The van der Waals surface area contributed by atoms with Gasteiger partial charge in [0.15, 0.2) is 0 Å². The maximum Gasteiger partial charge on any atom is 0.334 e. The Kier molecular flexibility index (Phi) is 3.26. The van der Waals surface area contributed by atoms with Crippen molar-refractivity contribution in [2.24, 2.45) is 12.9 Å². The van der Waals surface area contributed by atoms with Gasteiger partial charge in [-0.2, -0.15) is 5.10 Å². The van der Waals surface area contributed by atoms with Crippen molar-refractivity contribution in [2.45, 2.75) is 19.9 Å². The second-order valence-corrected chi connectivity index (χ2v) is 4.60. The van der Waals surface area contributed by atoms with Crippen LogP contribution >= 0.6 is 11.6 Å². The number of rotatable bonds is 2. The van der Waals surface area contributed by atoms with Crippen molar-refractivity contribution >= 4 is 17.6 Å². The first-order valence-electron chi connectivity index (χ1n) is 5.50. The summed E-state index contributed by atoms with van der Waals surface area (Å²) < 4.78 is 1.71. The number of carbonyl (C=O) groups is 1. The van der Waals surface area contributed by atoms with E-state index in [9.17, 15) is 4.79 Å². The average Bonchev–Trinajstić information content (AvgIpc) is 2.51. The normalized spacial score (nSPS) is 16.8. The fourth-order valence-electron chi connectivity index (χ4n) is 1.98. The Balaban J connectivity index is 2.17. The Morgan fingerprint density at radius 2 is 2.18 bits per heavy atom. The van der Waals surface area contributed by atoms with Crippen molar-refractivity contribution in [1.82, 2.24) is 19.7 Å². The van der Waals surface area contributed by atoms with Crippen molar-refractivity contribution in [2.75, 3.05) is 13.1 Å². The molecule has 1 aromatic heterocycles. The molecule has 1 saturated heterocycles. The van der Waals surface area contributed by atoms with E-state index in [2.05, 4.69) is 5.10 Å². The van der Waals surface area contributed by atoms with E-state index in [1.165, 1.54) is 5.01 Å². The summed E-state index contributed by atoms with van der Waals surface area (Å²) in [5.74, 6) is 5.59. The molecule has 0 radical (unpaired) electrons. The van der Waals surface area contributed by atoms with Crippen LogP contribution in [-0.2, 0) is 13.6 Å². The molecule has 7 heteroatoms. The fourth-order valence-corrected chi connectivity index (χ4v) is 2.20. The van der Waals surface area contributed by atoms with Gasteiger partial charge in [-0.15, -0.1) is 0 Å². The van der Waals surface area contributed by atoms with E-state index in [1.54, 1.807) is 9.58 Å². The van der Waals surface area contributed by atoms with Gasteiger partial charge in [-0.1, -0.05) is 11.6 Å². The van der Waals surface area contributed by atoms with E-state index in [1.807, 2.05) is 14.0 Å². The maximum atomic E-state index is 11.8. The molecule has 1 aliphatic rings. The molecule has 1 fully saturated rings. The molecule has 0 aliphatic carbocycles. The minimum absolute atomic E-state index is 0.161. The van der Waals surface area contributed by atoms with Gasteiger partial charge >= 0.3 is 6.03 Å². The number of amides is 2. The molecule has 1 aromatic rings. The van der Waals surface area contributed by atoms with Crippen molar-refractivity contribution < 1.29 is 4.79 Å². The van der Waals surface area contributed by atoms with E-state index >= 15 is 0 Å². The molecule has 0 aromatic carbocycles. The minimum atomic E-state index is -0.161. The number of urea groups is 1. The summed E-state index contributed by atoms with van der Waals surface area (Å²) in [6.07, 6.45) is 0.872. The van der Waals surface area contributed by atoms with E-state index in [0.717, 1.165) is 17.8 Å². The van der Waals surface area contributed by atoms with Crippen LogP contribution in [0.25, 0.3) is 0 Å². The third-order valence-electron chi connectivity index (χ3n) is 2.95. The highest BCUT2D eigenvalue weighted by atomic mass is 35.5. The van der Waals surface area contributed by atoms with Crippen LogP contribution in [0.15, 0.2) is 0 Å². The van der Waals surface area contributed by atoms with Crippen molar-refractivity contribution in [3.63, 3.8) is 0 Å². The molecule has 0 saturated carbocycles. The zero-order chi connectivity index (χ0) is 12.6. The summed E-state index contributed by atoms with van der Waals surface area (Å²) in [6, 6.07) is -0.161. The molecule has 2 heterocycles. The second-order valence-electron chi connectivity index (χ2n) is 4.22. The van der Waals surface area contributed by atoms with E-state index in [4.69, 9.17) is 17.4 Å². The molecule has 1 aliphatic heterocycles. The first-order valence-corrected chi connectivity index (χ1v) is 5.87. The summed E-state index contributed by atoms with van der Waals surface area (Å²) in [6.45, 7) is 3.60. The van der Waals surface area contributed by atoms with Crippen LogP contribution in [0.5, 0.6) is 0 Å². The van der Waals surface area contributed by atoms with E-state index in [-0.39, 0.29) is 6.03 Å². The lowest BCUT2D eigenvalue weighted by Gasteiger charge is -2.32. The number of hydrogen-bond donors (Lipinski definition) is 1. The Morgan fingerprint density at radius 1 is 1.47 bits per heavy atom. The van der Waals surface area contributed by atoms with Gasteiger partial charge in [0.2, 0.25) is 0 Å². The average molecular weight is 258 g/mol. The molecule has 0 spiro atoms. The summed E-state index contributed by atoms with van der Waals surface area (Å²) in [4.78, 5) is 13.5. The van der Waals surface area contributed by atoms with Gasteiger partial charge in [-0.05, 0) is 13.3 Å². The monoisotopic (exact) mass is 257 g/mol. The molecular formula is C10H16ClN5O. The van der Waals surface area contributed by atoms with Gasteiger partial charge in [0.25, 0.3) is 0 Å². The number of nitrogens with two attached hydrogens (primary N) is 1. The lowest BCUT2D eigenvalue weighted by molar-refractivity contribution is 0.126. The SMILES string of the molecule is Cc1nn(C)c(CN2CCCN(N)C2=O)c1Cl. The van der Waals surface area contributed by atoms with Crippen LogP contribution in [0.4, 0.5) is 4.79 Å². The van der Waals surface area contributed by atoms with Gasteiger partial charge in [0.05, 0.1) is 23.0 Å². The van der Waals surface area contributed by atoms with Gasteiger partial charge in [0, 0.05) is 20.1 Å². The Morgan fingerprint density at radius 3 is 2.76 bits per heavy atom. The predicted octanol–water partition coefficient (Wildman–Crippen LogP) is 0.883. The van der Waals surface area contributed by atoms with E-state index in [0.29, 0.717) is 24.7 Å². The molecule has 0 atom stereocenters. The van der Waals surface area contributed by atoms with Gasteiger partial charge < -0.3 is 4.90 Å². The zero-order valence-corrected chi connectivity index (χ0v) is 10.7. The molecule has 2 N–H and O–H groups in total. The number of aromatic nitrogens is 2. The largest absolute Gasteiger partial charge is 0.334 e. The third-order valence-corrected chi connectivity index (χ3v) is 3.44. The number of hydrogen-bond acceptors (Lipinski definition) is 3. The quantitative estimate of drug-likeness (QED) is 0.632. The van der Waals surface area contributed by atoms with Crippen molar-refractivity contribution in [3.05, 3.63) is 16.4 Å². The molecule has 94 valence electrons. The number of aryl methyl sites for hydroxylation is 2. The topological polar surface area (TPSA) is 67.4 Å². The summed E-state index contributed by atoms with van der Waals surface area (Å²) in [5.41, 5.74) is 1.62. The number of halogens is 1. The lowest BCUT2D eigenvalue weighted by atomic mass is 10.3. The minimum Gasteiger partial charge on any atom is -0.318 e. The molecule has 2 amide bonds. The molecule has 0 bridgehead atoms. The van der Waals surface area contributed by atoms with Crippen LogP contribution in [0.1, 0.15) is 17.8 Å². The Hall–Kier alpha value is -1.27. The highest BCUT2D eigenvalue weighted by molar-refractivity contribution is 6.31. The molecule has 0 unspecified atom stereocenters. The van der Waals surface area contributed by atoms with Gasteiger partial charge in [0.1, 0.15) is 0 Å². The highest BCUT2D eigenvalue weighted by Gasteiger charge is 2.25. The first-order chi connectivity index (χ1) is 8.00. The Labute approximate surface area is 105 Å². The molecular weight excluding hydrogens is 242 g/mol. The summed E-state index contributed by atoms with van der Waals surface area (Å²) in [5, 5.41) is 6.08. The van der Waals surface area contributed by atoms with E-state index < -0.39 is 0 Å². The predicted molar refractivity (Wildman–Crippen MR) is 64.3 cm³/mol. The zero-order valence-electron chi connectivity index (χ0n) is 9.98. The lowest BCUT2D eigenvalue weighted by Crippen LogP contribution is -2.52. The summed E-state index contributed by atoms with van der Waals surface area (Å²) >= 11 is 6.15. The van der Waals surface area contributed by atoms with Crippen LogP contribution < -0.4 is 5.84 Å². The second kappa shape index (κ2) is 4.54. The van der Waals surface area contributed by atoms with Crippen molar-refractivity contribution in [3.8, 4) is 0 Å². The number of nitrogens with zero attached hydrogens (tertiary/aromatic N) is 4. The van der Waals surface area contributed by atoms with Crippen LogP contribution in [0.2, 0.25) is 5.02 Å². The fraction of sp³-hybridized carbons (Fsp3) is 0.600. The van der Waals surface area contributed by atoms with Crippen molar-refractivity contribution in [1.29, 1.82) is 0 Å².